The summed E-state index contributed by atoms with van der Waals surface area (Å²) in [5.74, 6) is 1.64. The average Bonchev–Trinajstić information content (AvgIpc) is 2.75. The highest BCUT2D eigenvalue weighted by molar-refractivity contribution is 5.93. The first-order valence-corrected chi connectivity index (χ1v) is 8.52. The number of carbonyl (C=O) groups excluding carboxylic acids is 1. The van der Waals surface area contributed by atoms with Crippen LogP contribution in [0.4, 0.5) is 0 Å². The smallest absolute Gasteiger partial charge is 0.177 e. The summed E-state index contributed by atoms with van der Waals surface area (Å²) in [6, 6.07) is 3.80. The first-order valence-electron chi connectivity index (χ1n) is 8.52. The number of benzene rings is 1. The molecule has 1 aromatic rings. The van der Waals surface area contributed by atoms with Gasteiger partial charge in [0.25, 0.3) is 0 Å². The Morgan fingerprint density at radius 2 is 2.09 bits per heavy atom. The van der Waals surface area contributed by atoms with Gasteiger partial charge < -0.3 is 9.84 Å². The van der Waals surface area contributed by atoms with Gasteiger partial charge in [0.05, 0.1) is 5.41 Å². The molecule has 0 radical (unpaired) electrons. The molecule has 4 atom stereocenters. The van der Waals surface area contributed by atoms with E-state index >= 15 is 0 Å². The predicted octanol–water partition coefficient (Wildman–Crippen LogP) is 3.51. The van der Waals surface area contributed by atoms with Gasteiger partial charge in [-0.1, -0.05) is 19.4 Å². The molecule has 4 aliphatic rings. The van der Waals surface area contributed by atoms with Gasteiger partial charge >= 0.3 is 0 Å². The number of ketones is 1. The van der Waals surface area contributed by atoms with Crippen LogP contribution in [0.2, 0.25) is 0 Å². The standard InChI is InChI=1S/C19H22O3/c1-17-9-7-14(21)18(2)19(17)8-3-4-12(17)10-11-5-6-13(20)16(22-18)15(11)19/h5-6,12,20H,3-4,7-10H2,1-2H3. The summed E-state index contributed by atoms with van der Waals surface area (Å²) in [5, 5.41) is 10.4. The lowest BCUT2D eigenvalue weighted by Gasteiger charge is -2.64. The summed E-state index contributed by atoms with van der Waals surface area (Å²) < 4.78 is 6.27. The van der Waals surface area contributed by atoms with Crippen molar-refractivity contribution in [2.24, 2.45) is 11.3 Å². The molecule has 1 spiro atoms. The van der Waals surface area contributed by atoms with E-state index in [4.69, 9.17) is 4.74 Å². The van der Waals surface area contributed by atoms with E-state index in [2.05, 4.69) is 13.0 Å². The number of carbonyl (C=O) groups is 1. The molecule has 1 aromatic carbocycles. The van der Waals surface area contributed by atoms with Crippen LogP contribution in [0.5, 0.6) is 11.5 Å². The number of ether oxygens (including phenoxy) is 1. The van der Waals surface area contributed by atoms with E-state index in [-0.39, 0.29) is 22.4 Å². The Bertz CT molecular complexity index is 724. The molecule has 3 aliphatic carbocycles. The van der Waals surface area contributed by atoms with E-state index in [1.807, 2.05) is 6.92 Å². The number of aromatic hydroxyl groups is 1. The van der Waals surface area contributed by atoms with Crippen LogP contribution < -0.4 is 4.74 Å². The second kappa shape index (κ2) is 3.52. The van der Waals surface area contributed by atoms with E-state index in [1.54, 1.807) is 6.07 Å². The van der Waals surface area contributed by atoms with E-state index < -0.39 is 5.60 Å². The van der Waals surface area contributed by atoms with E-state index in [0.717, 1.165) is 25.7 Å². The molecule has 3 nitrogen and oxygen atoms in total. The molecule has 1 N–H and O–H groups in total. The molecule has 0 saturated heterocycles. The summed E-state index contributed by atoms with van der Waals surface area (Å²) in [5.41, 5.74) is 1.55. The van der Waals surface area contributed by atoms with Crippen LogP contribution in [0.1, 0.15) is 57.1 Å². The highest BCUT2D eigenvalue weighted by atomic mass is 16.5. The normalized spacial score (nSPS) is 44.5. The molecule has 2 saturated carbocycles. The van der Waals surface area contributed by atoms with Crippen LogP contribution in [-0.2, 0) is 16.6 Å². The summed E-state index contributed by atoms with van der Waals surface area (Å²) in [7, 11) is 0. The number of phenolic OH excluding ortho intramolecular Hbond substituents is 1. The highest BCUT2D eigenvalue weighted by Crippen LogP contribution is 2.73. The summed E-state index contributed by atoms with van der Waals surface area (Å²) in [6.45, 7) is 4.37. The first kappa shape index (κ1) is 13.0. The van der Waals surface area contributed by atoms with Crippen molar-refractivity contribution >= 4 is 5.78 Å². The van der Waals surface area contributed by atoms with Gasteiger partial charge in [-0.25, -0.2) is 0 Å². The summed E-state index contributed by atoms with van der Waals surface area (Å²) in [6.07, 6.45) is 6.04. The molecule has 2 fully saturated rings. The lowest BCUT2D eigenvalue weighted by Crippen LogP contribution is -2.70. The van der Waals surface area contributed by atoms with E-state index in [9.17, 15) is 9.90 Å². The Kier molecular flexibility index (Phi) is 2.08. The Balaban J connectivity index is 1.93. The molecular formula is C19H22O3. The minimum atomic E-state index is -0.797. The fourth-order valence-corrected chi connectivity index (χ4v) is 6.56. The molecule has 3 heteroatoms. The van der Waals surface area contributed by atoms with Crippen molar-refractivity contribution < 1.29 is 14.6 Å². The SMILES string of the molecule is CC12Oc3c(O)ccc4c3C13CCCC(C4)C3(C)CCC2=O. The van der Waals surface area contributed by atoms with Crippen molar-refractivity contribution in [2.45, 2.75) is 63.4 Å². The van der Waals surface area contributed by atoms with Gasteiger partial charge in [0.2, 0.25) is 0 Å². The summed E-state index contributed by atoms with van der Waals surface area (Å²) >= 11 is 0. The minimum Gasteiger partial charge on any atom is -0.504 e. The summed E-state index contributed by atoms with van der Waals surface area (Å²) in [4.78, 5) is 12.9. The van der Waals surface area contributed by atoms with Gasteiger partial charge in [0.15, 0.2) is 22.9 Å². The van der Waals surface area contributed by atoms with Crippen molar-refractivity contribution in [2.75, 3.05) is 0 Å². The monoisotopic (exact) mass is 298 g/mol. The molecule has 116 valence electrons. The van der Waals surface area contributed by atoms with E-state index in [1.165, 1.54) is 17.5 Å². The van der Waals surface area contributed by atoms with Gasteiger partial charge in [-0.2, -0.15) is 0 Å². The van der Waals surface area contributed by atoms with Crippen LogP contribution >= 0.6 is 0 Å². The Morgan fingerprint density at radius 3 is 2.91 bits per heavy atom. The molecule has 1 heterocycles. The molecule has 0 amide bonds. The second-order valence-corrected chi connectivity index (χ2v) is 8.12. The average molecular weight is 298 g/mol. The maximum Gasteiger partial charge on any atom is 0.177 e. The van der Waals surface area contributed by atoms with Crippen LogP contribution in [0, 0.1) is 11.3 Å². The van der Waals surface area contributed by atoms with Crippen LogP contribution in [0.15, 0.2) is 12.1 Å². The third kappa shape index (κ3) is 1.05. The van der Waals surface area contributed by atoms with Gasteiger partial charge in [0, 0.05) is 12.0 Å². The zero-order chi connectivity index (χ0) is 15.3. The zero-order valence-electron chi connectivity index (χ0n) is 13.2. The first-order chi connectivity index (χ1) is 10.4. The van der Waals surface area contributed by atoms with Gasteiger partial charge in [0.1, 0.15) is 0 Å². The van der Waals surface area contributed by atoms with Gasteiger partial charge in [-0.05, 0) is 55.6 Å². The van der Waals surface area contributed by atoms with E-state index in [0.29, 0.717) is 18.1 Å². The number of phenols is 1. The van der Waals surface area contributed by atoms with Crippen molar-refractivity contribution in [3.63, 3.8) is 0 Å². The maximum absolute atomic E-state index is 12.9. The van der Waals surface area contributed by atoms with Crippen molar-refractivity contribution in [3.05, 3.63) is 23.3 Å². The maximum atomic E-state index is 12.9. The molecule has 4 unspecified atom stereocenters. The molecule has 0 aromatic heterocycles. The zero-order valence-corrected chi connectivity index (χ0v) is 13.2. The van der Waals surface area contributed by atoms with Gasteiger partial charge in [-0.3, -0.25) is 4.79 Å². The van der Waals surface area contributed by atoms with Crippen molar-refractivity contribution in [3.8, 4) is 11.5 Å². The minimum absolute atomic E-state index is 0.111. The molecule has 5 rings (SSSR count). The quantitative estimate of drug-likeness (QED) is 0.797. The molecule has 2 bridgehead atoms. The highest BCUT2D eigenvalue weighted by Gasteiger charge is 2.75. The van der Waals surface area contributed by atoms with Crippen LogP contribution in [0.25, 0.3) is 0 Å². The molecular weight excluding hydrogens is 276 g/mol. The number of hydrogen-bond acceptors (Lipinski definition) is 3. The number of rotatable bonds is 0. The third-order valence-corrected chi connectivity index (χ3v) is 7.62. The number of hydrogen-bond donors (Lipinski definition) is 1. The van der Waals surface area contributed by atoms with Crippen molar-refractivity contribution in [1.29, 1.82) is 0 Å². The van der Waals surface area contributed by atoms with Crippen molar-refractivity contribution in [1.82, 2.24) is 0 Å². The largest absolute Gasteiger partial charge is 0.504 e. The van der Waals surface area contributed by atoms with Crippen LogP contribution in [-0.4, -0.2) is 16.5 Å². The molecule has 1 aliphatic heterocycles. The Hall–Kier alpha value is -1.51. The molecule has 22 heavy (non-hydrogen) atoms. The fourth-order valence-electron chi connectivity index (χ4n) is 6.56. The number of Topliss-reactive ketones (excluding diaryl/α,β-unsaturated/α-hetero) is 1. The Morgan fingerprint density at radius 1 is 1.27 bits per heavy atom. The topological polar surface area (TPSA) is 46.5 Å². The van der Waals surface area contributed by atoms with Gasteiger partial charge in [-0.15, -0.1) is 0 Å². The lowest BCUT2D eigenvalue weighted by atomic mass is 9.38. The third-order valence-electron chi connectivity index (χ3n) is 7.62. The Labute approximate surface area is 130 Å². The fraction of sp³-hybridized carbons (Fsp3) is 0.632. The van der Waals surface area contributed by atoms with Crippen LogP contribution in [0.3, 0.4) is 0 Å². The second-order valence-electron chi connectivity index (χ2n) is 8.12. The lowest BCUT2D eigenvalue weighted by molar-refractivity contribution is -0.165. The predicted molar refractivity (Wildman–Crippen MR) is 82.2 cm³/mol.